The van der Waals surface area contributed by atoms with Gasteiger partial charge in [-0.15, -0.1) is 0 Å². The maximum Gasteiger partial charge on any atom is 0.223 e. The van der Waals surface area contributed by atoms with E-state index in [1.807, 2.05) is 96.5 Å². The number of aryl methyl sites for hydroxylation is 1. The van der Waals surface area contributed by atoms with Crippen LogP contribution in [-0.4, -0.2) is 27.1 Å². The molecule has 0 spiro atoms. The third-order valence-corrected chi connectivity index (χ3v) is 5.27. The SMILES string of the molecule is CCN(C(=O)CCc1cnn(-c2ccccc2)c1)C(C)c1cc2ccccc2o1. The zero-order valence-corrected chi connectivity index (χ0v) is 16.8. The fraction of sp³-hybridized carbons (Fsp3) is 0.250. The summed E-state index contributed by atoms with van der Waals surface area (Å²) in [6.45, 7) is 4.66. The van der Waals surface area contributed by atoms with Gasteiger partial charge in [-0.1, -0.05) is 36.4 Å². The minimum Gasteiger partial charge on any atom is -0.459 e. The zero-order valence-electron chi connectivity index (χ0n) is 16.8. The van der Waals surface area contributed by atoms with Crippen LogP contribution in [0.5, 0.6) is 0 Å². The van der Waals surface area contributed by atoms with Crippen LogP contribution in [0.15, 0.2) is 77.5 Å². The van der Waals surface area contributed by atoms with Crippen LogP contribution in [0.25, 0.3) is 16.7 Å². The van der Waals surface area contributed by atoms with E-state index in [1.54, 1.807) is 0 Å². The number of furan rings is 1. The molecule has 1 amide bonds. The van der Waals surface area contributed by atoms with Crippen molar-refractivity contribution in [2.24, 2.45) is 0 Å². The lowest BCUT2D eigenvalue weighted by molar-refractivity contribution is -0.133. The van der Waals surface area contributed by atoms with Crippen molar-refractivity contribution in [1.29, 1.82) is 0 Å². The van der Waals surface area contributed by atoms with Crippen LogP contribution in [-0.2, 0) is 11.2 Å². The lowest BCUT2D eigenvalue weighted by Gasteiger charge is -2.26. The van der Waals surface area contributed by atoms with E-state index >= 15 is 0 Å². The molecule has 2 heterocycles. The van der Waals surface area contributed by atoms with Crippen LogP contribution >= 0.6 is 0 Å². The predicted molar refractivity (Wildman–Crippen MR) is 114 cm³/mol. The van der Waals surface area contributed by atoms with Crippen LogP contribution in [0.4, 0.5) is 0 Å². The van der Waals surface area contributed by atoms with Gasteiger partial charge in [-0.05, 0) is 50.1 Å². The van der Waals surface area contributed by atoms with Crippen molar-refractivity contribution >= 4 is 16.9 Å². The molecule has 0 saturated heterocycles. The van der Waals surface area contributed by atoms with Gasteiger partial charge in [0.1, 0.15) is 11.3 Å². The second-order valence-electron chi connectivity index (χ2n) is 7.17. The number of hydrogen-bond acceptors (Lipinski definition) is 3. The summed E-state index contributed by atoms with van der Waals surface area (Å²) in [5, 5.41) is 5.47. The van der Waals surface area contributed by atoms with Gasteiger partial charge in [0.2, 0.25) is 5.91 Å². The van der Waals surface area contributed by atoms with Gasteiger partial charge in [-0.25, -0.2) is 4.68 Å². The Labute approximate surface area is 170 Å². The second-order valence-corrected chi connectivity index (χ2v) is 7.17. The Kier molecular flexibility index (Phi) is 5.47. The standard InChI is InChI=1S/C24H25N3O2/c1-3-26(18(2)23-15-20-9-7-8-12-22(20)29-23)24(28)14-13-19-16-25-27(17-19)21-10-5-4-6-11-21/h4-12,15-18H,3,13-14H2,1-2H3. The van der Waals surface area contributed by atoms with Crippen molar-refractivity contribution in [2.75, 3.05) is 6.54 Å². The molecule has 4 aromatic rings. The second kappa shape index (κ2) is 8.35. The molecular formula is C24H25N3O2. The minimum absolute atomic E-state index is 0.105. The van der Waals surface area contributed by atoms with Crippen molar-refractivity contribution in [3.8, 4) is 5.69 Å². The molecule has 0 aliphatic carbocycles. The van der Waals surface area contributed by atoms with E-state index in [2.05, 4.69) is 5.10 Å². The fourth-order valence-corrected chi connectivity index (χ4v) is 3.63. The number of carbonyl (C=O) groups is 1. The third-order valence-electron chi connectivity index (χ3n) is 5.27. The summed E-state index contributed by atoms with van der Waals surface area (Å²) < 4.78 is 7.81. The quantitative estimate of drug-likeness (QED) is 0.440. The number of rotatable bonds is 7. The highest BCUT2D eigenvalue weighted by Gasteiger charge is 2.22. The average Bonchev–Trinajstić information content (AvgIpc) is 3.40. The number of aromatic nitrogens is 2. The minimum atomic E-state index is -0.105. The van der Waals surface area contributed by atoms with Gasteiger partial charge in [-0.3, -0.25) is 4.79 Å². The summed E-state index contributed by atoms with van der Waals surface area (Å²) in [5.74, 6) is 0.936. The van der Waals surface area contributed by atoms with E-state index in [0.717, 1.165) is 28.0 Å². The summed E-state index contributed by atoms with van der Waals surface area (Å²) in [6, 6.07) is 19.8. The molecule has 0 radical (unpaired) electrons. The van der Waals surface area contributed by atoms with Gasteiger partial charge in [0.05, 0.1) is 17.9 Å². The third kappa shape index (κ3) is 4.09. The monoisotopic (exact) mass is 387 g/mol. The topological polar surface area (TPSA) is 51.3 Å². The Bertz CT molecular complexity index is 1060. The number of fused-ring (bicyclic) bond motifs is 1. The zero-order chi connectivity index (χ0) is 20.2. The van der Waals surface area contributed by atoms with Crippen LogP contribution < -0.4 is 0 Å². The Hall–Kier alpha value is -3.34. The molecular weight excluding hydrogens is 362 g/mol. The van der Waals surface area contributed by atoms with E-state index in [0.29, 0.717) is 19.4 Å². The van der Waals surface area contributed by atoms with E-state index < -0.39 is 0 Å². The molecule has 0 N–H and O–H groups in total. The number of para-hydroxylation sites is 2. The van der Waals surface area contributed by atoms with Crippen molar-refractivity contribution in [3.63, 3.8) is 0 Å². The largest absolute Gasteiger partial charge is 0.459 e. The molecule has 2 aromatic heterocycles. The van der Waals surface area contributed by atoms with Crippen molar-refractivity contribution in [2.45, 2.75) is 32.7 Å². The molecule has 4 rings (SSSR count). The number of carbonyl (C=O) groups excluding carboxylic acids is 1. The van der Waals surface area contributed by atoms with Gasteiger partial charge in [0, 0.05) is 24.5 Å². The fourth-order valence-electron chi connectivity index (χ4n) is 3.63. The first-order chi connectivity index (χ1) is 14.2. The van der Waals surface area contributed by atoms with Crippen LogP contribution in [0.1, 0.15) is 37.6 Å². The van der Waals surface area contributed by atoms with Gasteiger partial charge < -0.3 is 9.32 Å². The summed E-state index contributed by atoms with van der Waals surface area (Å²) in [4.78, 5) is 14.8. The van der Waals surface area contributed by atoms with Crippen molar-refractivity contribution in [1.82, 2.24) is 14.7 Å². The Morgan fingerprint density at radius 1 is 1.14 bits per heavy atom. The number of amides is 1. The normalized spacial score (nSPS) is 12.2. The molecule has 2 aromatic carbocycles. The highest BCUT2D eigenvalue weighted by molar-refractivity contribution is 5.79. The van der Waals surface area contributed by atoms with E-state index in [4.69, 9.17) is 4.42 Å². The smallest absolute Gasteiger partial charge is 0.223 e. The van der Waals surface area contributed by atoms with E-state index in [9.17, 15) is 4.79 Å². The van der Waals surface area contributed by atoms with Crippen molar-refractivity contribution in [3.05, 3.63) is 84.4 Å². The van der Waals surface area contributed by atoms with E-state index in [1.165, 1.54) is 0 Å². The molecule has 0 bridgehead atoms. The Morgan fingerprint density at radius 3 is 2.66 bits per heavy atom. The molecule has 1 unspecified atom stereocenters. The van der Waals surface area contributed by atoms with Crippen LogP contribution in [0.2, 0.25) is 0 Å². The molecule has 0 aliphatic heterocycles. The molecule has 1 atom stereocenters. The molecule has 0 fully saturated rings. The highest BCUT2D eigenvalue weighted by atomic mass is 16.3. The molecule has 0 saturated carbocycles. The van der Waals surface area contributed by atoms with Crippen molar-refractivity contribution < 1.29 is 9.21 Å². The molecule has 148 valence electrons. The first-order valence-corrected chi connectivity index (χ1v) is 10.0. The van der Waals surface area contributed by atoms with Gasteiger partial charge in [0.25, 0.3) is 0 Å². The molecule has 5 heteroatoms. The highest BCUT2D eigenvalue weighted by Crippen LogP contribution is 2.27. The summed E-state index contributed by atoms with van der Waals surface area (Å²) in [7, 11) is 0. The molecule has 5 nitrogen and oxygen atoms in total. The first kappa shape index (κ1) is 19.0. The first-order valence-electron chi connectivity index (χ1n) is 10.0. The number of nitrogens with zero attached hydrogens (tertiary/aromatic N) is 3. The predicted octanol–water partition coefficient (Wildman–Crippen LogP) is 5.16. The average molecular weight is 387 g/mol. The number of benzene rings is 2. The van der Waals surface area contributed by atoms with Gasteiger partial charge in [0.15, 0.2) is 0 Å². The summed E-state index contributed by atoms with van der Waals surface area (Å²) in [6.07, 6.45) is 4.93. The molecule has 0 aliphatic rings. The lowest BCUT2D eigenvalue weighted by Crippen LogP contribution is -2.33. The van der Waals surface area contributed by atoms with Gasteiger partial charge in [-0.2, -0.15) is 5.10 Å². The molecule has 29 heavy (non-hydrogen) atoms. The van der Waals surface area contributed by atoms with E-state index in [-0.39, 0.29) is 11.9 Å². The lowest BCUT2D eigenvalue weighted by atomic mass is 10.1. The Morgan fingerprint density at radius 2 is 1.90 bits per heavy atom. The maximum absolute atomic E-state index is 12.9. The van der Waals surface area contributed by atoms with Crippen LogP contribution in [0.3, 0.4) is 0 Å². The van der Waals surface area contributed by atoms with Gasteiger partial charge >= 0.3 is 0 Å². The Balaban J connectivity index is 1.42. The summed E-state index contributed by atoms with van der Waals surface area (Å²) in [5.41, 5.74) is 2.92. The number of hydrogen-bond donors (Lipinski definition) is 0. The maximum atomic E-state index is 12.9. The van der Waals surface area contributed by atoms with Crippen LogP contribution in [0, 0.1) is 0 Å². The summed E-state index contributed by atoms with van der Waals surface area (Å²) >= 11 is 0.